The van der Waals surface area contributed by atoms with Gasteiger partial charge in [-0.15, -0.1) is 0 Å². The molecule has 0 saturated heterocycles. The number of ether oxygens (including phenoxy) is 1. The summed E-state index contributed by atoms with van der Waals surface area (Å²) in [5.41, 5.74) is 0.150. The Bertz CT molecular complexity index is 569. The lowest BCUT2D eigenvalue weighted by molar-refractivity contribution is 0.111. The van der Waals surface area contributed by atoms with Crippen LogP contribution >= 0.6 is 0 Å². The van der Waals surface area contributed by atoms with E-state index >= 15 is 0 Å². The molecule has 0 radical (unpaired) electrons. The summed E-state index contributed by atoms with van der Waals surface area (Å²) in [6.07, 6.45) is 2.12. The van der Waals surface area contributed by atoms with Crippen LogP contribution in [0.15, 0.2) is 22.7 Å². The molecule has 5 nitrogen and oxygen atoms in total. The van der Waals surface area contributed by atoms with Gasteiger partial charge >= 0.3 is 0 Å². The van der Waals surface area contributed by atoms with Crippen LogP contribution in [-0.4, -0.2) is 16.4 Å². The molecule has 0 aliphatic carbocycles. The van der Waals surface area contributed by atoms with Crippen LogP contribution in [0.1, 0.15) is 35.4 Å². The number of aldehydes is 1. The Labute approximate surface area is 109 Å². The van der Waals surface area contributed by atoms with Gasteiger partial charge in [-0.1, -0.05) is 18.1 Å². The highest BCUT2D eigenvalue weighted by atomic mass is 19.1. The fourth-order valence-corrected chi connectivity index (χ4v) is 1.57. The van der Waals surface area contributed by atoms with Gasteiger partial charge in [0.05, 0.1) is 5.56 Å². The van der Waals surface area contributed by atoms with Gasteiger partial charge in [-0.2, -0.15) is 4.98 Å². The third-order valence-electron chi connectivity index (χ3n) is 2.44. The highest BCUT2D eigenvalue weighted by Crippen LogP contribution is 2.21. The Morgan fingerprint density at radius 2 is 2.32 bits per heavy atom. The maximum Gasteiger partial charge on any atom is 0.226 e. The predicted molar refractivity (Wildman–Crippen MR) is 64.4 cm³/mol. The van der Waals surface area contributed by atoms with Crippen LogP contribution < -0.4 is 4.74 Å². The third kappa shape index (κ3) is 3.15. The number of carbonyl (C=O) groups is 1. The van der Waals surface area contributed by atoms with Crippen LogP contribution in [0.5, 0.6) is 5.75 Å². The van der Waals surface area contributed by atoms with Crippen LogP contribution in [0, 0.1) is 5.82 Å². The molecular formula is C13H13FN2O3. The lowest BCUT2D eigenvalue weighted by Gasteiger charge is -2.06. The standard InChI is InChI=1S/C13H13FN2O3/c1-2-4-12-15-11(16-19-12)8-18-13-9(7-17)5-3-6-10(13)14/h3,5-7H,2,4,8H2,1H3. The summed E-state index contributed by atoms with van der Waals surface area (Å²) in [5.74, 6) is 0.148. The molecule has 1 aromatic carbocycles. The van der Waals surface area contributed by atoms with Crippen LogP contribution in [0.3, 0.4) is 0 Å². The number of para-hydroxylation sites is 1. The molecule has 0 aliphatic rings. The molecule has 100 valence electrons. The lowest BCUT2D eigenvalue weighted by Crippen LogP contribution is -2.02. The second kappa shape index (κ2) is 6.08. The molecule has 0 saturated carbocycles. The number of rotatable bonds is 6. The maximum atomic E-state index is 13.5. The summed E-state index contributed by atoms with van der Waals surface area (Å²) in [6.45, 7) is 1.95. The zero-order valence-electron chi connectivity index (χ0n) is 10.4. The van der Waals surface area contributed by atoms with Crippen molar-refractivity contribution < 1.29 is 18.4 Å². The Balaban J connectivity index is 2.07. The van der Waals surface area contributed by atoms with Crippen molar-refractivity contribution in [2.45, 2.75) is 26.4 Å². The predicted octanol–water partition coefficient (Wildman–Crippen LogP) is 2.55. The fourth-order valence-electron chi connectivity index (χ4n) is 1.57. The molecule has 1 heterocycles. The molecule has 19 heavy (non-hydrogen) atoms. The van der Waals surface area contributed by atoms with Crippen molar-refractivity contribution in [2.24, 2.45) is 0 Å². The number of benzene rings is 1. The summed E-state index contributed by atoms with van der Waals surface area (Å²) in [5, 5.41) is 3.71. The summed E-state index contributed by atoms with van der Waals surface area (Å²) in [7, 11) is 0. The Kier molecular flexibility index (Phi) is 4.22. The minimum atomic E-state index is -0.595. The molecule has 0 bridgehead atoms. The van der Waals surface area contributed by atoms with E-state index in [1.807, 2.05) is 6.92 Å². The Morgan fingerprint density at radius 1 is 1.47 bits per heavy atom. The zero-order chi connectivity index (χ0) is 13.7. The average Bonchev–Trinajstić information content (AvgIpc) is 2.85. The van der Waals surface area contributed by atoms with Crippen molar-refractivity contribution in [3.8, 4) is 5.75 Å². The number of hydrogen-bond donors (Lipinski definition) is 0. The Morgan fingerprint density at radius 3 is 3.05 bits per heavy atom. The van der Waals surface area contributed by atoms with E-state index in [1.54, 1.807) is 0 Å². The maximum absolute atomic E-state index is 13.5. The fraction of sp³-hybridized carbons (Fsp3) is 0.308. The van der Waals surface area contributed by atoms with E-state index in [-0.39, 0.29) is 17.9 Å². The van der Waals surface area contributed by atoms with Crippen molar-refractivity contribution in [1.29, 1.82) is 0 Å². The van der Waals surface area contributed by atoms with Crippen molar-refractivity contribution in [1.82, 2.24) is 10.1 Å². The van der Waals surface area contributed by atoms with Gasteiger partial charge in [0.15, 0.2) is 24.5 Å². The number of nitrogens with zero attached hydrogens (tertiary/aromatic N) is 2. The molecular weight excluding hydrogens is 251 g/mol. The lowest BCUT2D eigenvalue weighted by atomic mass is 10.2. The van der Waals surface area contributed by atoms with Gasteiger partial charge < -0.3 is 9.26 Å². The van der Waals surface area contributed by atoms with Gasteiger partial charge in [-0.05, 0) is 18.6 Å². The first kappa shape index (κ1) is 13.2. The normalized spacial score (nSPS) is 10.4. The molecule has 0 amide bonds. The molecule has 2 aromatic rings. The van der Waals surface area contributed by atoms with E-state index in [0.29, 0.717) is 24.4 Å². The summed E-state index contributed by atoms with van der Waals surface area (Å²) in [4.78, 5) is 14.9. The third-order valence-corrected chi connectivity index (χ3v) is 2.44. The van der Waals surface area contributed by atoms with E-state index in [2.05, 4.69) is 10.1 Å². The quantitative estimate of drug-likeness (QED) is 0.750. The Hall–Kier alpha value is -2.24. The highest BCUT2D eigenvalue weighted by molar-refractivity contribution is 5.79. The summed E-state index contributed by atoms with van der Waals surface area (Å²) in [6, 6.07) is 4.14. The minimum Gasteiger partial charge on any atom is -0.482 e. The number of halogens is 1. The van der Waals surface area contributed by atoms with Crippen molar-refractivity contribution in [3.63, 3.8) is 0 Å². The van der Waals surface area contributed by atoms with Crippen LogP contribution in [0.2, 0.25) is 0 Å². The number of hydrogen-bond acceptors (Lipinski definition) is 5. The zero-order valence-corrected chi connectivity index (χ0v) is 10.4. The van der Waals surface area contributed by atoms with Crippen molar-refractivity contribution >= 4 is 6.29 Å². The second-order valence-corrected chi connectivity index (χ2v) is 3.92. The van der Waals surface area contributed by atoms with Crippen LogP contribution in [0.25, 0.3) is 0 Å². The molecule has 0 unspecified atom stereocenters. The smallest absolute Gasteiger partial charge is 0.226 e. The molecule has 2 rings (SSSR count). The van der Waals surface area contributed by atoms with E-state index in [4.69, 9.17) is 9.26 Å². The van der Waals surface area contributed by atoms with Gasteiger partial charge in [-0.25, -0.2) is 4.39 Å². The molecule has 0 N–H and O–H groups in total. The average molecular weight is 264 g/mol. The number of aryl methyl sites for hydroxylation is 1. The summed E-state index contributed by atoms with van der Waals surface area (Å²) >= 11 is 0. The second-order valence-electron chi connectivity index (χ2n) is 3.92. The van der Waals surface area contributed by atoms with E-state index < -0.39 is 5.82 Å². The highest BCUT2D eigenvalue weighted by Gasteiger charge is 2.12. The van der Waals surface area contributed by atoms with Crippen LogP contribution in [0.4, 0.5) is 4.39 Å². The first-order valence-corrected chi connectivity index (χ1v) is 5.92. The largest absolute Gasteiger partial charge is 0.482 e. The first-order chi connectivity index (χ1) is 9.24. The van der Waals surface area contributed by atoms with E-state index in [9.17, 15) is 9.18 Å². The van der Waals surface area contributed by atoms with Gasteiger partial charge in [0, 0.05) is 6.42 Å². The van der Waals surface area contributed by atoms with Crippen molar-refractivity contribution in [2.75, 3.05) is 0 Å². The minimum absolute atomic E-state index is 0.0466. The van der Waals surface area contributed by atoms with Crippen molar-refractivity contribution in [3.05, 3.63) is 41.3 Å². The molecule has 0 aliphatic heterocycles. The molecule has 0 spiro atoms. The van der Waals surface area contributed by atoms with Gasteiger partial charge in [-0.3, -0.25) is 4.79 Å². The summed E-state index contributed by atoms with van der Waals surface area (Å²) < 4.78 is 23.7. The molecule has 6 heteroatoms. The number of aromatic nitrogens is 2. The molecule has 1 aromatic heterocycles. The molecule has 0 atom stereocenters. The monoisotopic (exact) mass is 264 g/mol. The topological polar surface area (TPSA) is 65.2 Å². The van der Waals surface area contributed by atoms with E-state index in [0.717, 1.165) is 6.42 Å². The number of carbonyl (C=O) groups excluding carboxylic acids is 1. The van der Waals surface area contributed by atoms with Gasteiger partial charge in [0.1, 0.15) is 0 Å². The van der Waals surface area contributed by atoms with Gasteiger partial charge in [0.25, 0.3) is 0 Å². The first-order valence-electron chi connectivity index (χ1n) is 5.92. The van der Waals surface area contributed by atoms with E-state index in [1.165, 1.54) is 18.2 Å². The van der Waals surface area contributed by atoms with Gasteiger partial charge in [0.2, 0.25) is 11.7 Å². The van der Waals surface area contributed by atoms with Crippen LogP contribution in [-0.2, 0) is 13.0 Å². The molecule has 0 fully saturated rings. The SMILES string of the molecule is CCCc1nc(COc2c(F)cccc2C=O)no1.